The number of halogens is 1. The molecule has 2 aromatic heterocycles. The van der Waals surface area contributed by atoms with Crippen molar-refractivity contribution in [3.05, 3.63) is 47.8 Å². The van der Waals surface area contributed by atoms with Crippen LogP contribution >= 0.6 is 11.6 Å². The average molecular weight is 305 g/mol. The van der Waals surface area contributed by atoms with E-state index in [1.165, 1.54) is 0 Å². The lowest BCUT2D eigenvalue weighted by Crippen LogP contribution is -2.23. The Hall–Kier alpha value is -1.68. The Morgan fingerprint density at radius 3 is 2.67 bits per heavy atom. The second-order valence-electron chi connectivity index (χ2n) is 5.34. The lowest BCUT2D eigenvalue weighted by molar-refractivity contribution is 0.756. The van der Waals surface area contributed by atoms with Crippen LogP contribution in [0.25, 0.3) is 0 Å². The molecule has 0 aliphatic carbocycles. The summed E-state index contributed by atoms with van der Waals surface area (Å²) in [5, 5.41) is 0. The quantitative estimate of drug-likeness (QED) is 0.767. The van der Waals surface area contributed by atoms with Crippen molar-refractivity contribution in [1.29, 1.82) is 0 Å². The number of alkyl halides is 1. The SMILES string of the molecule is CC(C)c1ncc(N(C)CCc2ccccn2)c(CCl)n1. The molecule has 0 bridgehead atoms. The topological polar surface area (TPSA) is 41.9 Å². The van der Waals surface area contributed by atoms with Crippen LogP contribution in [0, 0.1) is 0 Å². The molecule has 0 fully saturated rings. The number of nitrogens with zero attached hydrogens (tertiary/aromatic N) is 4. The largest absolute Gasteiger partial charge is 0.371 e. The smallest absolute Gasteiger partial charge is 0.131 e. The van der Waals surface area contributed by atoms with Crippen LogP contribution in [0.5, 0.6) is 0 Å². The molecule has 2 aromatic rings. The van der Waals surface area contributed by atoms with Crippen molar-refractivity contribution in [2.45, 2.75) is 32.1 Å². The summed E-state index contributed by atoms with van der Waals surface area (Å²) in [7, 11) is 2.03. The molecule has 2 rings (SSSR count). The minimum atomic E-state index is 0.305. The highest BCUT2D eigenvalue weighted by Crippen LogP contribution is 2.21. The van der Waals surface area contributed by atoms with E-state index in [0.29, 0.717) is 11.8 Å². The molecule has 0 aromatic carbocycles. The summed E-state index contributed by atoms with van der Waals surface area (Å²) in [6, 6.07) is 5.97. The van der Waals surface area contributed by atoms with E-state index < -0.39 is 0 Å². The van der Waals surface area contributed by atoms with E-state index in [4.69, 9.17) is 11.6 Å². The highest BCUT2D eigenvalue weighted by Gasteiger charge is 2.12. The van der Waals surface area contributed by atoms with Gasteiger partial charge < -0.3 is 4.90 Å². The molecule has 0 saturated carbocycles. The first-order chi connectivity index (χ1) is 10.1. The van der Waals surface area contributed by atoms with E-state index in [1.54, 1.807) is 0 Å². The molecule has 0 N–H and O–H groups in total. The molecule has 21 heavy (non-hydrogen) atoms. The normalized spacial score (nSPS) is 10.9. The summed E-state index contributed by atoms with van der Waals surface area (Å²) >= 11 is 6.04. The van der Waals surface area contributed by atoms with Gasteiger partial charge in [0.05, 0.1) is 23.5 Å². The molecule has 0 amide bonds. The first kappa shape index (κ1) is 15.7. The molecule has 112 valence electrons. The predicted molar refractivity (Wildman–Crippen MR) is 86.9 cm³/mol. The van der Waals surface area contributed by atoms with Crippen molar-refractivity contribution in [2.24, 2.45) is 0 Å². The Balaban J connectivity index is 2.09. The van der Waals surface area contributed by atoms with Crippen LogP contribution < -0.4 is 4.90 Å². The van der Waals surface area contributed by atoms with Crippen molar-refractivity contribution >= 4 is 17.3 Å². The van der Waals surface area contributed by atoms with Crippen molar-refractivity contribution in [3.8, 4) is 0 Å². The van der Waals surface area contributed by atoms with Crippen molar-refractivity contribution in [1.82, 2.24) is 15.0 Å². The van der Waals surface area contributed by atoms with Gasteiger partial charge in [-0.25, -0.2) is 9.97 Å². The second-order valence-corrected chi connectivity index (χ2v) is 5.61. The van der Waals surface area contributed by atoms with Crippen molar-refractivity contribution in [3.63, 3.8) is 0 Å². The van der Waals surface area contributed by atoms with Gasteiger partial charge in [0.25, 0.3) is 0 Å². The number of rotatable bonds is 6. The second kappa shape index (κ2) is 7.36. The van der Waals surface area contributed by atoms with Crippen LogP contribution in [0.15, 0.2) is 30.6 Å². The van der Waals surface area contributed by atoms with E-state index in [1.807, 2.05) is 37.6 Å². The Kier molecular flexibility index (Phi) is 5.51. The van der Waals surface area contributed by atoms with Gasteiger partial charge in [-0.2, -0.15) is 0 Å². The van der Waals surface area contributed by atoms with Crippen LogP contribution in [0.4, 0.5) is 5.69 Å². The minimum absolute atomic E-state index is 0.305. The molecule has 2 heterocycles. The van der Waals surface area contributed by atoms with Crippen LogP contribution in [0.2, 0.25) is 0 Å². The van der Waals surface area contributed by atoms with E-state index in [-0.39, 0.29) is 0 Å². The third kappa shape index (κ3) is 4.14. The van der Waals surface area contributed by atoms with Crippen LogP contribution in [-0.4, -0.2) is 28.5 Å². The number of hydrogen-bond acceptors (Lipinski definition) is 4. The van der Waals surface area contributed by atoms with Gasteiger partial charge in [-0.1, -0.05) is 19.9 Å². The molecule has 0 spiro atoms. The third-order valence-corrected chi connectivity index (χ3v) is 3.60. The molecule has 0 unspecified atom stereocenters. The summed E-state index contributed by atoms with van der Waals surface area (Å²) in [4.78, 5) is 15.5. The summed E-state index contributed by atoms with van der Waals surface area (Å²) < 4.78 is 0. The molecular weight excluding hydrogens is 284 g/mol. The van der Waals surface area contributed by atoms with Gasteiger partial charge in [0.2, 0.25) is 0 Å². The average Bonchev–Trinajstić information content (AvgIpc) is 2.52. The fourth-order valence-corrected chi connectivity index (χ4v) is 2.27. The number of aromatic nitrogens is 3. The van der Waals surface area contributed by atoms with Crippen LogP contribution in [-0.2, 0) is 12.3 Å². The third-order valence-electron chi connectivity index (χ3n) is 3.35. The first-order valence-electron chi connectivity index (χ1n) is 7.14. The lowest BCUT2D eigenvalue weighted by Gasteiger charge is -2.21. The monoisotopic (exact) mass is 304 g/mol. The molecule has 0 aliphatic rings. The summed E-state index contributed by atoms with van der Waals surface area (Å²) in [6.45, 7) is 5.01. The van der Waals surface area contributed by atoms with E-state index in [9.17, 15) is 0 Å². The van der Waals surface area contributed by atoms with Gasteiger partial charge in [0, 0.05) is 37.8 Å². The van der Waals surface area contributed by atoms with Gasteiger partial charge in [0.15, 0.2) is 0 Å². The van der Waals surface area contributed by atoms with Gasteiger partial charge in [0.1, 0.15) is 5.82 Å². The molecule has 0 atom stereocenters. The number of likely N-dealkylation sites (N-methyl/N-ethyl adjacent to an activating group) is 1. The zero-order chi connectivity index (χ0) is 15.2. The van der Waals surface area contributed by atoms with Crippen molar-refractivity contribution < 1.29 is 0 Å². The van der Waals surface area contributed by atoms with Crippen molar-refractivity contribution in [2.75, 3.05) is 18.5 Å². The van der Waals surface area contributed by atoms with E-state index in [2.05, 4.69) is 33.7 Å². The van der Waals surface area contributed by atoms with E-state index in [0.717, 1.165) is 35.9 Å². The van der Waals surface area contributed by atoms with Crippen LogP contribution in [0.1, 0.15) is 37.0 Å². The summed E-state index contributed by atoms with van der Waals surface area (Å²) in [5.41, 5.74) is 2.96. The Morgan fingerprint density at radius 1 is 1.24 bits per heavy atom. The number of hydrogen-bond donors (Lipinski definition) is 0. The maximum atomic E-state index is 6.04. The van der Waals surface area contributed by atoms with Crippen LogP contribution in [0.3, 0.4) is 0 Å². The standard InChI is InChI=1S/C16H21ClN4/c1-12(2)16-19-11-15(14(10-17)20-16)21(3)9-7-13-6-4-5-8-18-13/h4-6,8,11-12H,7,9-10H2,1-3H3. The van der Waals surface area contributed by atoms with Gasteiger partial charge in [-0.05, 0) is 12.1 Å². The van der Waals surface area contributed by atoms with Gasteiger partial charge in [-0.3, -0.25) is 4.98 Å². The molecule has 4 nitrogen and oxygen atoms in total. The Bertz CT molecular complexity index is 572. The molecule has 5 heteroatoms. The number of anilines is 1. The molecule has 0 saturated heterocycles. The first-order valence-corrected chi connectivity index (χ1v) is 7.68. The van der Waals surface area contributed by atoms with E-state index >= 15 is 0 Å². The lowest BCUT2D eigenvalue weighted by atomic mass is 10.2. The maximum Gasteiger partial charge on any atom is 0.131 e. The maximum absolute atomic E-state index is 6.04. The zero-order valence-corrected chi connectivity index (χ0v) is 13.5. The molecule has 0 radical (unpaired) electrons. The zero-order valence-electron chi connectivity index (χ0n) is 12.8. The fourth-order valence-electron chi connectivity index (χ4n) is 2.07. The summed E-state index contributed by atoms with van der Waals surface area (Å²) in [5.74, 6) is 1.54. The highest BCUT2D eigenvalue weighted by molar-refractivity contribution is 6.17. The summed E-state index contributed by atoms with van der Waals surface area (Å²) in [6.07, 6.45) is 4.57. The Labute approximate surface area is 131 Å². The molecular formula is C16H21ClN4. The number of pyridine rings is 1. The highest BCUT2D eigenvalue weighted by atomic mass is 35.5. The fraction of sp³-hybridized carbons (Fsp3) is 0.438. The van der Waals surface area contributed by atoms with Gasteiger partial charge in [-0.15, -0.1) is 11.6 Å². The minimum Gasteiger partial charge on any atom is -0.371 e. The molecule has 0 aliphatic heterocycles. The predicted octanol–water partition coefficient (Wildman–Crippen LogP) is 3.41. The van der Waals surface area contributed by atoms with Gasteiger partial charge >= 0.3 is 0 Å². The Morgan fingerprint density at radius 2 is 2.05 bits per heavy atom.